The molecule has 0 fully saturated rings. The van der Waals surface area contributed by atoms with Crippen LogP contribution in [0, 0.1) is 0 Å². The Morgan fingerprint density at radius 1 is 0.815 bits per heavy atom. The Hall–Kier alpha value is -2.23. The summed E-state index contributed by atoms with van der Waals surface area (Å²) in [6.07, 6.45) is 2.33. The van der Waals surface area contributed by atoms with Crippen LogP contribution in [-0.4, -0.2) is 12.6 Å². The summed E-state index contributed by atoms with van der Waals surface area (Å²) in [4.78, 5) is 5.20. The van der Waals surface area contributed by atoms with Crippen molar-refractivity contribution in [2.75, 3.05) is 11.4 Å². The van der Waals surface area contributed by atoms with Crippen molar-refractivity contribution in [2.24, 2.45) is 0 Å². The quantitative estimate of drug-likeness (QED) is 0.526. The van der Waals surface area contributed by atoms with Gasteiger partial charge in [0, 0.05) is 28.9 Å². The van der Waals surface area contributed by atoms with Crippen molar-refractivity contribution in [2.45, 2.75) is 42.1 Å². The van der Waals surface area contributed by atoms with Gasteiger partial charge in [-0.3, -0.25) is 0 Å². The summed E-state index contributed by atoms with van der Waals surface area (Å²) < 4.78 is 0. The predicted octanol–water partition coefficient (Wildman–Crippen LogP) is 6.25. The molecule has 4 rings (SSSR count). The first-order valence-corrected chi connectivity index (χ1v) is 10.5. The van der Waals surface area contributed by atoms with Crippen LogP contribution in [0.25, 0.3) is 0 Å². The average molecular weight is 375 g/mol. The molecule has 138 valence electrons. The Morgan fingerprint density at radius 2 is 1.41 bits per heavy atom. The molecule has 2 nitrogen and oxygen atoms in total. The number of nitrogens with one attached hydrogen (secondary N) is 1. The van der Waals surface area contributed by atoms with Crippen LogP contribution >= 0.6 is 11.8 Å². The molecule has 0 saturated carbocycles. The van der Waals surface area contributed by atoms with E-state index < -0.39 is 0 Å². The molecule has 1 atom stereocenters. The zero-order valence-corrected chi connectivity index (χ0v) is 16.6. The first-order valence-electron chi connectivity index (χ1n) is 9.72. The van der Waals surface area contributed by atoms with Crippen molar-refractivity contribution in [3.8, 4) is 0 Å². The van der Waals surface area contributed by atoms with E-state index in [4.69, 9.17) is 0 Å². The number of fused-ring (bicyclic) bond motifs is 2. The second kappa shape index (κ2) is 8.64. The van der Waals surface area contributed by atoms with Gasteiger partial charge in [0.05, 0.1) is 11.4 Å². The molecule has 1 aliphatic rings. The summed E-state index contributed by atoms with van der Waals surface area (Å²) >= 11 is 1.88. The lowest BCUT2D eigenvalue weighted by atomic mass is 10.1. The minimum Gasteiger partial charge on any atom is -0.340 e. The molecule has 1 N–H and O–H groups in total. The molecule has 0 bridgehead atoms. The molecule has 27 heavy (non-hydrogen) atoms. The van der Waals surface area contributed by atoms with Crippen molar-refractivity contribution in [3.05, 3.63) is 84.4 Å². The van der Waals surface area contributed by atoms with E-state index in [9.17, 15) is 0 Å². The van der Waals surface area contributed by atoms with Gasteiger partial charge in [-0.05, 0) is 49.6 Å². The zero-order chi connectivity index (χ0) is 18.5. The highest BCUT2D eigenvalue weighted by molar-refractivity contribution is 7.99. The molecule has 1 unspecified atom stereocenters. The van der Waals surface area contributed by atoms with Crippen LogP contribution in [0.3, 0.4) is 0 Å². The van der Waals surface area contributed by atoms with Gasteiger partial charge in [0.25, 0.3) is 0 Å². The molecule has 0 aromatic heterocycles. The Labute approximate surface area is 166 Å². The summed E-state index contributed by atoms with van der Waals surface area (Å²) in [5.41, 5.74) is 4.03. The number of nitrogens with zero attached hydrogens (tertiary/aromatic N) is 1. The van der Waals surface area contributed by atoms with E-state index in [1.165, 1.54) is 33.2 Å². The molecule has 0 amide bonds. The highest BCUT2D eigenvalue weighted by Gasteiger charge is 2.22. The van der Waals surface area contributed by atoms with Gasteiger partial charge in [-0.1, -0.05) is 66.4 Å². The van der Waals surface area contributed by atoms with E-state index in [2.05, 4.69) is 96.0 Å². The molecular weight excluding hydrogens is 348 g/mol. The summed E-state index contributed by atoms with van der Waals surface area (Å²) in [6, 6.07) is 28.6. The van der Waals surface area contributed by atoms with Crippen LogP contribution in [0.4, 0.5) is 11.4 Å². The number of anilines is 2. The molecule has 1 aliphatic heterocycles. The molecule has 3 aromatic rings. The lowest BCUT2D eigenvalue weighted by Crippen LogP contribution is -2.28. The van der Waals surface area contributed by atoms with Crippen LogP contribution in [0.1, 0.15) is 25.3 Å². The van der Waals surface area contributed by atoms with Gasteiger partial charge in [0.1, 0.15) is 0 Å². The topological polar surface area (TPSA) is 15.3 Å². The van der Waals surface area contributed by atoms with Gasteiger partial charge in [-0.2, -0.15) is 0 Å². The van der Waals surface area contributed by atoms with Gasteiger partial charge in [-0.25, -0.2) is 0 Å². The monoisotopic (exact) mass is 374 g/mol. The van der Waals surface area contributed by atoms with Gasteiger partial charge >= 0.3 is 0 Å². The zero-order valence-electron chi connectivity index (χ0n) is 15.8. The lowest BCUT2D eigenvalue weighted by molar-refractivity contribution is 0.500. The number of benzene rings is 3. The minimum atomic E-state index is 0.509. The maximum atomic E-state index is 3.65. The lowest BCUT2D eigenvalue weighted by Gasteiger charge is -2.33. The molecule has 0 radical (unpaired) electrons. The fourth-order valence-corrected chi connectivity index (χ4v) is 4.66. The SMILES string of the molecule is CC(CCCN1c2ccccc2Sc2ccccc21)NCc1ccccc1. The number of hydrogen-bond acceptors (Lipinski definition) is 3. The Kier molecular flexibility index (Phi) is 5.81. The first-order chi connectivity index (χ1) is 13.3. The molecule has 0 aliphatic carbocycles. The van der Waals surface area contributed by atoms with Gasteiger partial charge in [-0.15, -0.1) is 0 Å². The second-order valence-corrected chi connectivity index (χ2v) is 8.18. The third-order valence-corrected chi connectivity index (χ3v) is 6.18. The third-order valence-electron chi connectivity index (χ3n) is 5.05. The Balaban J connectivity index is 1.37. The van der Waals surface area contributed by atoms with Crippen LogP contribution < -0.4 is 10.2 Å². The van der Waals surface area contributed by atoms with E-state index in [1.807, 2.05) is 11.8 Å². The van der Waals surface area contributed by atoms with Gasteiger partial charge < -0.3 is 10.2 Å². The summed E-state index contributed by atoms with van der Waals surface area (Å²) in [7, 11) is 0. The largest absolute Gasteiger partial charge is 0.340 e. The summed E-state index contributed by atoms with van der Waals surface area (Å²) in [5.74, 6) is 0. The fourth-order valence-electron chi connectivity index (χ4n) is 3.57. The summed E-state index contributed by atoms with van der Waals surface area (Å²) in [6.45, 7) is 4.27. The number of para-hydroxylation sites is 2. The first kappa shape index (κ1) is 18.1. The highest BCUT2D eigenvalue weighted by atomic mass is 32.2. The Bertz CT molecular complexity index is 833. The molecule has 1 heterocycles. The smallest absolute Gasteiger partial charge is 0.0552 e. The number of hydrogen-bond donors (Lipinski definition) is 1. The molecule has 0 spiro atoms. The number of rotatable bonds is 7. The van der Waals surface area contributed by atoms with Crippen molar-refractivity contribution >= 4 is 23.1 Å². The van der Waals surface area contributed by atoms with E-state index in [0.29, 0.717) is 6.04 Å². The van der Waals surface area contributed by atoms with Crippen molar-refractivity contribution in [1.82, 2.24) is 5.32 Å². The average Bonchev–Trinajstić information content (AvgIpc) is 2.72. The van der Waals surface area contributed by atoms with Crippen LogP contribution in [0.5, 0.6) is 0 Å². The van der Waals surface area contributed by atoms with Crippen molar-refractivity contribution in [1.29, 1.82) is 0 Å². The standard InChI is InChI=1S/C24H26N2S/c1-19(25-18-20-11-3-2-4-12-20)10-9-17-26-21-13-5-7-15-23(21)27-24-16-8-6-14-22(24)26/h2-8,11-16,19,25H,9-10,17-18H2,1H3. The molecule has 0 saturated heterocycles. The van der Waals surface area contributed by atoms with Crippen LogP contribution in [0.15, 0.2) is 88.7 Å². The highest BCUT2D eigenvalue weighted by Crippen LogP contribution is 2.47. The van der Waals surface area contributed by atoms with E-state index in [1.54, 1.807) is 0 Å². The van der Waals surface area contributed by atoms with Crippen molar-refractivity contribution in [3.63, 3.8) is 0 Å². The predicted molar refractivity (Wildman–Crippen MR) is 116 cm³/mol. The van der Waals surface area contributed by atoms with E-state index in [-0.39, 0.29) is 0 Å². The normalized spacial score (nSPS) is 13.7. The van der Waals surface area contributed by atoms with Crippen LogP contribution in [-0.2, 0) is 6.54 Å². The maximum Gasteiger partial charge on any atom is 0.0552 e. The van der Waals surface area contributed by atoms with Crippen molar-refractivity contribution < 1.29 is 0 Å². The third kappa shape index (κ3) is 4.37. The molecular formula is C24H26N2S. The molecule has 3 aromatic carbocycles. The Morgan fingerprint density at radius 3 is 2.07 bits per heavy atom. The van der Waals surface area contributed by atoms with Crippen LogP contribution in [0.2, 0.25) is 0 Å². The van der Waals surface area contributed by atoms with Gasteiger partial charge in [0.2, 0.25) is 0 Å². The minimum absolute atomic E-state index is 0.509. The molecule has 3 heteroatoms. The fraction of sp³-hybridized carbons (Fsp3) is 0.250. The second-order valence-electron chi connectivity index (χ2n) is 7.10. The summed E-state index contributed by atoms with van der Waals surface area (Å²) in [5, 5.41) is 3.65. The van der Waals surface area contributed by atoms with E-state index in [0.717, 1.165) is 19.5 Å². The maximum absolute atomic E-state index is 3.65. The van der Waals surface area contributed by atoms with Gasteiger partial charge in [0.15, 0.2) is 0 Å². The van der Waals surface area contributed by atoms with E-state index >= 15 is 0 Å².